The van der Waals surface area contributed by atoms with Crippen molar-refractivity contribution in [1.82, 2.24) is 0 Å². The molecule has 0 aliphatic carbocycles. The van der Waals surface area contributed by atoms with Crippen molar-refractivity contribution in [2.45, 2.75) is 38.7 Å². The van der Waals surface area contributed by atoms with Gasteiger partial charge >= 0.3 is 5.97 Å². The summed E-state index contributed by atoms with van der Waals surface area (Å²) in [4.78, 5) is 11.4. The molecule has 5 heteroatoms. The fourth-order valence-corrected chi connectivity index (χ4v) is 2.25. The summed E-state index contributed by atoms with van der Waals surface area (Å²) in [6, 6.07) is 4.37. The molecule has 5 nitrogen and oxygen atoms in total. The van der Waals surface area contributed by atoms with Gasteiger partial charge < -0.3 is 20.1 Å². The van der Waals surface area contributed by atoms with Crippen molar-refractivity contribution >= 4 is 5.97 Å². The van der Waals surface area contributed by atoms with Crippen LogP contribution in [0.2, 0.25) is 0 Å². The first-order valence-corrected chi connectivity index (χ1v) is 6.67. The van der Waals surface area contributed by atoms with Crippen LogP contribution in [-0.4, -0.2) is 28.4 Å². The van der Waals surface area contributed by atoms with Gasteiger partial charge in [-0.1, -0.05) is 25.8 Å². The van der Waals surface area contributed by atoms with Crippen LogP contribution in [0.25, 0.3) is 0 Å². The van der Waals surface area contributed by atoms with Gasteiger partial charge in [0.15, 0.2) is 11.5 Å². The number of hydrogen-bond donors (Lipinski definition) is 3. The van der Waals surface area contributed by atoms with E-state index in [1.165, 1.54) is 32.2 Å². The van der Waals surface area contributed by atoms with Crippen LogP contribution < -0.4 is 4.74 Å². The maximum atomic E-state index is 11.4. The Morgan fingerprint density at radius 1 is 1.45 bits per heavy atom. The number of aliphatic carboxylic acids is 1. The number of benzene rings is 1. The molecule has 0 fully saturated rings. The molecule has 112 valence electrons. The minimum atomic E-state index is -1.53. The summed E-state index contributed by atoms with van der Waals surface area (Å²) >= 11 is 0. The van der Waals surface area contributed by atoms with Crippen LogP contribution in [0.4, 0.5) is 0 Å². The monoisotopic (exact) mass is 282 g/mol. The van der Waals surface area contributed by atoms with Gasteiger partial charge in [0.05, 0.1) is 13.0 Å². The average Bonchev–Trinajstić information content (AvgIpc) is 2.38. The Morgan fingerprint density at radius 3 is 2.60 bits per heavy atom. The van der Waals surface area contributed by atoms with Gasteiger partial charge in [0.1, 0.15) is 5.60 Å². The summed E-state index contributed by atoms with van der Waals surface area (Å²) in [6.07, 6.45) is 1.98. The van der Waals surface area contributed by atoms with Gasteiger partial charge in [0.25, 0.3) is 0 Å². The zero-order valence-electron chi connectivity index (χ0n) is 12.1. The molecule has 0 saturated carbocycles. The maximum absolute atomic E-state index is 11.4. The summed E-state index contributed by atoms with van der Waals surface area (Å²) in [5.74, 6) is -1.78. The number of methoxy groups -OCH3 is 1. The Labute approximate surface area is 118 Å². The molecule has 20 heavy (non-hydrogen) atoms. The molecule has 0 aliphatic rings. The number of aliphatic hydroxyl groups is 1. The van der Waals surface area contributed by atoms with Gasteiger partial charge in [0.2, 0.25) is 0 Å². The van der Waals surface area contributed by atoms with Crippen molar-refractivity contribution in [2.75, 3.05) is 7.11 Å². The molecule has 1 aromatic rings. The zero-order chi connectivity index (χ0) is 15.3. The second-order valence-corrected chi connectivity index (χ2v) is 5.07. The highest BCUT2D eigenvalue weighted by molar-refractivity contribution is 5.72. The van der Waals surface area contributed by atoms with Crippen molar-refractivity contribution in [3.8, 4) is 11.5 Å². The van der Waals surface area contributed by atoms with Crippen molar-refractivity contribution in [1.29, 1.82) is 0 Å². The molecule has 0 amide bonds. The molecule has 0 heterocycles. The Morgan fingerprint density at radius 2 is 2.10 bits per heavy atom. The van der Waals surface area contributed by atoms with Crippen LogP contribution in [0.1, 0.15) is 38.7 Å². The lowest BCUT2D eigenvalue weighted by molar-refractivity contribution is -0.152. The molecule has 2 atom stereocenters. The van der Waals surface area contributed by atoms with Crippen LogP contribution in [-0.2, 0) is 10.4 Å². The first kappa shape index (κ1) is 16.3. The third-order valence-electron chi connectivity index (χ3n) is 3.59. The van der Waals surface area contributed by atoms with Crippen molar-refractivity contribution in [3.05, 3.63) is 23.8 Å². The van der Waals surface area contributed by atoms with Gasteiger partial charge in [-0.25, -0.2) is 0 Å². The highest BCUT2D eigenvalue weighted by Gasteiger charge is 2.38. The van der Waals surface area contributed by atoms with Gasteiger partial charge in [-0.3, -0.25) is 4.79 Å². The Balaban J connectivity index is 3.14. The summed E-state index contributed by atoms with van der Waals surface area (Å²) in [7, 11) is 1.40. The number of aromatic hydroxyl groups is 1. The van der Waals surface area contributed by atoms with Gasteiger partial charge in [-0.15, -0.1) is 0 Å². The van der Waals surface area contributed by atoms with E-state index < -0.39 is 17.5 Å². The van der Waals surface area contributed by atoms with E-state index in [1.54, 1.807) is 0 Å². The van der Waals surface area contributed by atoms with Crippen LogP contribution in [0.15, 0.2) is 18.2 Å². The van der Waals surface area contributed by atoms with E-state index in [-0.39, 0.29) is 11.5 Å². The first-order valence-electron chi connectivity index (χ1n) is 6.67. The maximum Gasteiger partial charge on any atom is 0.309 e. The number of unbranched alkanes of at least 4 members (excludes halogenated alkanes) is 1. The normalized spacial score (nSPS) is 15.4. The van der Waals surface area contributed by atoms with Crippen LogP contribution in [0.3, 0.4) is 0 Å². The van der Waals surface area contributed by atoms with E-state index in [0.29, 0.717) is 12.0 Å². The fourth-order valence-electron chi connectivity index (χ4n) is 2.25. The third kappa shape index (κ3) is 3.42. The molecule has 0 aromatic heterocycles. The van der Waals surface area contributed by atoms with Crippen molar-refractivity contribution in [2.24, 2.45) is 5.92 Å². The third-order valence-corrected chi connectivity index (χ3v) is 3.59. The molecule has 2 unspecified atom stereocenters. The van der Waals surface area contributed by atoms with Crippen molar-refractivity contribution in [3.63, 3.8) is 0 Å². The highest BCUT2D eigenvalue weighted by Crippen LogP contribution is 2.37. The lowest BCUT2D eigenvalue weighted by atomic mass is 9.80. The van der Waals surface area contributed by atoms with E-state index in [2.05, 4.69) is 0 Å². The van der Waals surface area contributed by atoms with Gasteiger partial charge in [-0.05, 0) is 31.0 Å². The second-order valence-electron chi connectivity index (χ2n) is 5.07. The predicted octanol–water partition coefficient (Wildman–Crippen LogP) is 2.50. The summed E-state index contributed by atoms with van der Waals surface area (Å²) < 4.78 is 4.99. The Hall–Kier alpha value is -1.75. The topological polar surface area (TPSA) is 87.0 Å². The smallest absolute Gasteiger partial charge is 0.309 e. The van der Waals surface area contributed by atoms with Crippen LogP contribution in [0, 0.1) is 5.92 Å². The number of rotatable bonds is 7. The molecule has 1 aromatic carbocycles. The summed E-state index contributed by atoms with van der Waals surface area (Å²) in [5, 5.41) is 29.5. The Bertz CT molecular complexity index is 467. The molecular weight excluding hydrogens is 260 g/mol. The zero-order valence-corrected chi connectivity index (χ0v) is 12.1. The fraction of sp³-hybridized carbons (Fsp3) is 0.533. The van der Waals surface area contributed by atoms with E-state index >= 15 is 0 Å². The summed E-state index contributed by atoms with van der Waals surface area (Å²) in [6.45, 7) is 3.45. The van der Waals surface area contributed by atoms with Crippen LogP contribution in [0.5, 0.6) is 11.5 Å². The van der Waals surface area contributed by atoms with E-state index in [0.717, 1.165) is 12.8 Å². The number of phenols is 1. The molecule has 0 aliphatic heterocycles. The standard InChI is InChI=1S/C15H22O5/c1-4-5-6-11(14(17)18)15(2,19)10-7-8-12(16)13(9-10)20-3/h7-9,11,16,19H,4-6H2,1-3H3,(H,17,18). The molecule has 0 bridgehead atoms. The van der Waals surface area contributed by atoms with E-state index in [4.69, 9.17) is 4.74 Å². The molecule has 0 spiro atoms. The number of carbonyl (C=O) groups is 1. The minimum absolute atomic E-state index is 0.0486. The molecular formula is C15H22O5. The number of hydrogen-bond acceptors (Lipinski definition) is 4. The van der Waals surface area contributed by atoms with Crippen molar-refractivity contribution < 1.29 is 24.9 Å². The highest BCUT2D eigenvalue weighted by atomic mass is 16.5. The lowest BCUT2D eigenvalue weighted by Gasteiger charge is -2.31. The number of ether oxygens (including phenoxy) is 1. The quantitative estimate of drug-likeness (QED) is 0.715. The molecule has 3 N–H and O–H groups in total. The predicted molar refractivity (Wildman–Crippen MR) is 74.9 cm³/mol. The minimum Gasteiger partial charge on any atom is -0.504 e. The van der Waals surface area contributed by atoms with E-state index in [9.17, 15) is 20.1 Å². The SMILES string of the molecule is CCCCC(C(=O)O)C(C)(O)c1ccc(O)c(OC)c1. The van der Waals surface area contributed by atoms with Crippen LogP contribution >= 0.6 is 0 Å². The second kappa shape index (κ2) is 6.61. The molecule has 1 rings (SSSR count). The van der Waals surface area contributed by atoms with Gasteiger partial charge in [-0.2, -0.15) is 0 Å². The average molecular weight is 282 g/mol. The summed E-state index contributed by atoms with van der Waals surface area (Å²) in [5.41, 5.74) is -1.11. The molecule has 0 saturated heterocycles. The number of carboxylic acids is 1. The number of carboxylic acid groups (broad SMARTS) is 1. The lowest BCUT2D eigenvalue weighted by Crippen LogP contribution is -2.37. The van der Waals surface area contributed by atoms with Gasteiger partial charge in [0, 0.05) is 0 Å². The molecule has 0 radical (unpaired) electrons. The largest absolute Gasteiger partial charge is 0.504 e. The number of phenolic OH excluding ortho intramolecular Hbond substituents is 1. The van der Waals surface area contributed by atoms with E-state index in [1.807, 2.05) is 6.92 Å². The Kier molecular flexibility index (Phi) is 5.39. The first-order chi connectivity index (χ1) is 9.34.